The molecular formula is C19H21ClN2O3S. The van der Waals surface area contributed by atoms with E-state index >= 15 is 0 Å². The summed E-state index contributed by atoms with van der Waals surface area (Å²) in [7, 11) is 0. The molecule has 7 heteroatoms. The summed E-state index contributed by atoms with van der Waals surface area (Å²) in [6.45, 7) is 3.30. The lowest BCUT2D eigenvalue weighted by atomic mass is 10.2. The van der Waals surface area contributed by atoms with E-state index < -0.39 is 0 Å². The molecule has 2 rings (SSSR count). The minimum atomic E-state index is -0.195. The molecule has 2 amide bonds. The highest BCUT2D eigenvalue weighted by atomic mass is 35.5. The van der Waals surface area contributed by atoms with Crippen molar-refractivity contribution >= 4 is 35.2 Å². The highest BCUT2D eigenvalue weighted by molar-refractivity contribution is 8.00. The lowest BCUT2D eigenvalue weighted by Gasteiger charge is -2.08. The molecule has 0 atom stereocenters. The van der Waals surface area contributed by atoms with E-state index in [1.165, 1.54) is 11.8 Å². The van der Waals surface area contributed by atoms with E-state index in [-0.39, 0.29) is 11.8 Å². The normalized spacial score (nSPS) is 10.2. The number of benzene rings is 2. The largest absolute Gasteiger partial charge is 0.494 e. The monoisotopic (exact) mass is 392 g/mol. The minimum Gasteiger partial charge on any atom is -0.494 e. The van der Waals surface area contributed by atoms with Crippen LogP contribution in [0.3, 0.4) is 0 Å². The van der Waals surface area contributed by atoms with Crippen molar-refractivity contribution in [1.82, 2.24) is 10.6 Å². The van der Waals surface area contributed by atoms with Gasteiger partial charge in [-0.25, -0.2) is 0 Å². The lowest BCUT2D eigenvalue weighted by molar-refractivity contribution is -0.118. The van der Waals surface area contributed by atoms with Crippen molar-refractivity contribution in [1.29, 1.82) is 0 Å². The SMILES string of the molecule is CCOc1ccc(SCC(=O)NCCNC(=O)c2ccc(Cl)cc2)cc1. The molecule has 0 saturated carbocycles. The first kappa shape index (κ1) is 20.1. The number of rotatable bonds is 9. The molecule has 2 aromatic rings. The van der Waals surface area contributed by atoms with Crippen molar-refractivity contribution in [2.75, 3.05) is 25.4 Å². The third-order valence-electron chi connectivity index (χ3n) is 3.34. The highest BCUT2D eigenvalue weighted by Crippen LogP contribution is 2.21. The third-order valence-corrected chi connectivity index (χ3v) is 4.61. The molecule has 0 aliphatic heterocycles. The van der Waals surface area contributed by atoms with Gasteiger partial charge in [0.2, 0.25) is 5.91 Å². The van der Waals surface area contributed by atoms with Crippen molar-refractivity contribution in [2.45, 2.75) is 11.8 Å². The van der Waals surface area contributed by atoms with Crippen LogP contribution in [0, 0.1) is 0 Å². The fourth-order valence-corrected chi connectivity index (χ4v) is 2.93. The van der Waals surface area contributed by atoms with Crippen molar-refractivity contribution in [3.63, 3.8) is 0 Å². The molecule has 0 bridgehead atoms. The topological polar surface area (TPSA) is 67.4 Å². The van der Waals surface area contributed by atoms with E-state index in [1.807, 2.05) is 31.2 Å². The van der Waals surface area contributed by atoms with E-state index in [4.69, 9.17) is 16.3 Å². The van der Waals surface area contributed by atoms with Gasteiger partial charge in [-0.2, -0.15) is 0 Å². The Morgan fingerprint density at radius 1 is 1.00 bits per heavy atom. The molecule has 138 valence electrons. The fourth-order valence-electron chi connectivity index (χ4n) is 2.08. The van der Waals surface area contributed by atoms with Crippen LogP contribution in [0.15, 0.2) is 53.4 Å². The maximum atomic E-state index is 11.9. The van der Waals surface area contributed by atoms with Crippen LogP contribution < -0.4 is 15.4 Å². The standard InChI is InChI=1S/C19H21ClN2O3S/c1-2-25-16-7-9-17(10-8-16)26-13-18(23)21-11-12-22-19(24)14-3-5-15(20)6-4-14/h3-10H,2,11-13H2,1H3,(H,21,23)(H,22,24). The zero-order valence-electron chi connectivity index (χ0n) is 14.5. The lowest BCUT2D eigenvalue weighted by Crippen LogP contribution is -2.35. The molecule has 0 spiro atoms. The zero-order valence-corrected chi connectivity index (χ0v) is 16.0. The molecule has 0 aliphatic rings. The van der Waals surface area contributed by atoms with E-state index in [1.54, 1.807) is 24.3 Å². The number of carbonyl (C=O) groups is 2. The van der Waals surface area contributed by atoms with Crippen molar-refractivity contribution < 1.29 is 14.3 Å². The van der Waals surface area contributed by atoms with Gasteiger partial charge in [0, 0.05) is 28.6 Å². The molecule has 0 fully saturated rings. The van der Waals surface area contributed by atoms with Gasteiger partial charge in [-0.3, -0.25) is 9.59 Å². The Balaban J connectivity index is 1.62. The summed E-state index contributed by atoms with van der Waals surface area (Å²) in [4.78, 5) is 24.8. The first-order valence-corrected chi connectivity index (χ1v) is 9.61. The zero-order chi connectivity index (χ0) is 18.8. The van der Waals surface area contributed by atoms with Gasteiger partial charge < -0.3 is 15.4 Å². The quantitative estimate of drug-likeness (QED) is 0.507. The van der Waals surface area contributed by atoms with E-state index in [0.29, 0.717) is 36.0 Å². The number of amides is 2. The minimum absolute atomic E-state index is 0.0790. The van der Waals surface area contributed by atoms with E-state index in [0.717, 1.165) is 10.6 Å². The molecule has 0 unspecified atom stereocenters. The van der Waals surface area contributed by atoms with Crippen LogP contribution in [0.2, 0.25) is 5.02 Å². The predicted octanol–water partition coefficient (Wildman–Crippen LogP) is 3.38. The van der Waals surface area contributed by atoms with E-state index in [9.17, 15) is 9.59 Å². The second-order valence-electron chi connectivity index (χ2n) is 5.31. The van der Waals surface area contributed by atoms with Crippen molar-refractivity contribution in [3.8, 4) is 5.75 Å². The summed E-state index contributed by atoms with van der Waals surface area (Å²) < 4.78 is 5.38. The second-order valence-corrected chi connectivity index (χ2v) is 6.79. The Kier molecular flexibility index (Phi) is 8.31. The Labute approximate surface area is 162 Å². The van der Waals surface area contributed by atoms with E-state index in [2.05, 4.69) is 10.6 Å². The smallest absolute Gasteiger partial charge is 0.251 e. The number of hydrogen-bond acceptors (Lipinski definition) is 4. The van der Waals surface area contributed by atoms with Gasteiger partial charge >= 0.3 is 0 Å². The number of halogens is 1. The Hall–Kier alpha value is -2.18. The molecule has 0 aliphatic carbocycles. The van der Waals surface area contributed by atoms with Gasteiger partial charge in [-0.15, -0.1) is 11.8 Å². The van der Waals surface area contributed by atoms with Crippen LogP contribution in [-0.2, 0) is 4.79 Å². The van der Waals surface area contributed by atoms with Gasteiger partial charge in [-0.05, 0) is 55.5 Å². The first-order chi connectivity index (χ1) is 12.6. The number of ether oxygens (including phenoxy) is 1. The predicted molar refractivity (Wildman–Crippen MR) is 105 cm³/mol. The summed E-state index contributed by atoms with van der Waals surface area (Å²) in [5.41, 5.74) is 0.534. The van der Waals surface area contributed by atoms with Gasteiger partial charge in [0.25, 0.3) is 5.91 Å². The van der Waals surface area contributed by atoms with Crippen LogP contribution in [-0.4, -0.2) is 37.3 Å². The first-order valence-electron chi connectivity index (χ1n) is 8.24. The van der Waals surface area contributed by atoms with Crippen LogP contribution in [0.25, 0.3) is 0 Å². The molecule has 5 nitrogen and oxygen atoms in total. The summed E-state index contributed by atoms with van der Waals surface area (Å²) in [5, 5.41) is 6.11. The molecule has 2 aromatic carbocycles. The number of carbonyl (C=O) groups excluding carboxylic acids is 2. The fraction of sp³-hybridized carbons (Fsp3) is 0.263. The Morgan fingerprint density at radius 3 is 2.31 bits per heavy atom. The van der Waals surface area contributed by atoms with Crippen molar-refractivity contribution in [3.05, 3.63) is 59.1 Å². The highest BCUT2D eigenvalue weighted by Gasteiger charge is 2.06. The van der Waals surface area contributed by atoms with Gasteiger partial charge in [0.15, 0.2) is 0 Å². The molecule has 0 aromatic heterocycles. The summed E-state index contributed by atoms with van der Waals surface area (Å²) in [5.74, 6) is 0.862. The molecule has 26 heavy (non-hydrogen) atoms. The molecule has 0 saturated heterocycles. The molecule has 2 N–H and O–H groups in total. The second kappa shape index (κ2) is 10.7. The summed E-state index contributed by atoms with van der Waals surface area (Å²) in [6.07, 6.45) is 0. The molecule has 0 radical (unpaired) electrons. The van der Waals surface area contributed by atoms with Gasteiger partial charge in [0.05, 0.1) is 12.4 Å². The maximum Gasteiger partial charge on any atom is 0.251 e. The van der Waals surface area contributed by atoms with Crippen LogP contribution in [0.5, 0.6) is 5.75 Å². The Morgan fingerprint density at radius 2 is 1.65 bits per heavy atom. The summed E-state index contributed by atoms with van der Waals surface area (Å²) >= 11 is 7.24. The van der Waals surface area contributed by atoms with Crippen molar-refractivity contribution in [2.24, 2.45) is 0 Å². The van der Waals surface area contributed by atoms with Gasteiger partial charge in [-0.1, -0.05) is 11.6 Å². The molecule has 0 heterocycles. The average molecular weight is 393 g/mol. The number of nitrogens with one attached hydrogen (secondary N) is 2. The number of thioether (sulfide) groups is 1. The molecular weight excluding hydrogens is 372 g/mol. The van der Waals surface area contributed by atoms with Crippen LogP contribution in [0.1, 0.15) is 17.3 Å². The third kappa shape index (κ3) is 6.98. The van der Waals surface area contributed by atoms with Crippen LogP contribution >= 0.6 is 23.4 Å². The van der Waals surface area contributed by atoms with Crippen LogP contribution in [0.4, 0.5) is 0 Å². The summed E-state index contributed by atoms with van der Waals surface area (Å²) in [6, 6.07) is 14.3. The average Bonchev–Trinajstić information content (AvgIpc) is 2.65. The maximum absolute atomic E-state index is 11.9. The number of hydrogen-bond donors (Lipinski definition) is 2. The Bertz CT molecular complexity index is 721. The van der Waals surface area contributed by atoms with Gasteiger partial charge in [0.1, 0.15) is 5.75 Å².